The van der Waals surface area contributed by atoms with Gasteiger partial charge in [-0.15, -0.1) is 18.2 Å². The molecule has 3 atom stereocenters. The van der Waals surface area contributed by atoms with Crippen LogP contribution in [0.15, 0.2) is 12.7 Å². The van der Waals surface area contributed by atoms with Crippen molar-refractivity contribution in [1.82, 2.24) is 5.32 Å². The van der Waals surface area contributed by atoms with Crippen LogP contribution in [-0.4, -0.2) is 66.9 Å². The fourth-order valence-electron chi connectivity index (χ4n) is 2.35. The highest BCUT2D eigenvalue weighted by Crippen LogP contribution is 2.30. The number of aliphatic hydroxyl groups is 1. The van der Waals surface area contributed by atoms with Crippen molar-refractivity contribution in [3.63, 3.8) is 0 Å². The molecule has 1 aliphatic carbocycles. The number of imide groups is 1. The van der Waals surface area contributed by atoms with Gasteiger partial charge in [0.05, 0.1) is 13.2 Å². The lowest BCUT2D eigenvalue weighted by Crippen LogP contribution is -2.62. The SMILES string of the molecule is C=CCOC[C@]1(O)C(=O)CC[C@@H](OC(=O)NC(=O)CCl)[C@H]1OC. The molecule has 1 aliphatic rings. The number of ketones is 1. The van der Waals surface area contributed by atoms with Crippen molar-refractivity contribution >= 4 is 29.4 Å². The van der Waals surface area contributed by atoms with Crippen LogP contribution in [-0.2, 0) is 23.8 Å². The molecule has 0 aromatic rings. The van der Waals surface area contributed by atoms with Crippen molar-refractivity contribution in [2.75, 3.05) is 26.2 Å². The quantitative estimate of drug-likeness (QED) is 0.382. The fraction of sp³-hybridized carbons (Fsp3) is 0.643. The predicted octanol–water partition coefficient (Wildman–Crippen LogP) is 0.158. The normalized spacial score (nSPS) is 27.3. The highest BCUT2D eigenvalue weighted by atomic mass is 35.5. The van der Waals surface area contributed by atoms with Gasteiger partial charge in [0.1, 0.15) is 18.1 Å². The zero-order chi connectivity index (χ0) is 17.5. The van der Waals surface area contributed by atoms with Crippen molar-refractivity contribution < 1.29 is 33.7 Å². The Bertz CT molecular complexity index is 470. The van der Waals surface area contributed by atoms with E-state index in [9.17, 15) is 19.5 Å². The van der Waals surface area contributed by atoms with Crippen molar-refractivity contribution in [3.05, 3.63) is 12.7 Å². The third kappa shape index (κ3) is 5.00. The minimum absolute atomic E-state index is 0.0186. The van der Waals surface area contributed by atoms with E-state index in [1.807, 2.05) is 5.32 Å². The number of halogens is 1. The summed E-state index contributed by atoms with van der Waals surface area (Å²) in [4.78, 5) is 34.7. The lowest BCUT2D eigenvalue weighted by atomic mass is 9.79. The van der Waals surface area contributed by atoms with Gasteiger partial charge in [-0.25, -0.2) is 4.79 Å². The average Bonchev–Trinajstić information content (AvgIpc) is 2.51. The molecule has 0 saturated heterocycles. The molecule has 1 fully saturated rings. The van der Waals surface area contributed by atoms with Crippen LogP contribution in [0.4, 0.5) is 4.79 Å². The van der Waals surface area contributed by atoms with Crippen LogP contribution in [0.2, 0.25) is 0 Å². The molecule has 130 valence electrons. The molecule has 1 rings (SSSR count). The summed E-state index contributed by atoms with van der Waals surface area (Å²) in [6, 6.07) is 0. The Kier molecular flexibility index (Phi) is 7.63. The van der Waals surface area contributed by atoms with Crippen molar-refractivity contribution in [2.45, 2.75) is 30.7 Å². The number of Topliss-reactive ketones (excluding diaryl/α,β-unsaturated/α-hetero) is 1. The lowest BCUT2D eigenvalue weighted by Gasteiger charge is -2.41. The molecule has 1 saturated carbocycles. The number of rotatable bonds is 7. The first-order valence-corrected chi connectivity index (χ1v) is 7.46. The number of hydrogen-bond acceptors (Lipinski definition) is 7. The smallest absolute Gasteiger partial charge is 0.414 e. The number of alkyl halides is 1. The zero-order valence-electron chi connectivity index (χ0n) is 12.7. The monoisotopic (exact) mass is 349 g/mol. The maximum Gasteiger partial charge on any atom is 0.414 e. The summed E-state index contributed by atoms with van der Waals surface area (Å²) in [5.41, 5.74) is -1.95. The molecule has 9 heteroatoms. The Balaban J connectivity index is 2.80. The van der Waals surface area contributed by atoms with Gasteiger partial charge in [0, 0.05) is 13.5 Å². The summed E-state index contributed by atoms with van der Waals surface area (Å²) >= 11 is 5.28. The van der Waals surface area contributed by atoms with Crippen molar-refractivity contribution in [3.8, 4) is 0 Å². The van der Waals surface area contributed by atoms with Crippen LogP contribution in [0.25, 0.3) is 0 Å². The molecule has 0 aliphatic heterocycles. The second-order valence-electron chi connectivity index (χ2n) is 4.97. The third-order valence-corrected chi connectivity index (χ3v) is 3.62. The Morgan fingerprint density at radius 1 is 1.57 bits per heavy atom. The standard InChI is InChI=1S/C14H20ClNO7/c1-3-6-22-8-14(20)10(17)5-4-9(12(14)21-2)23-13(19)16-11(18)7-15/h3,9,12,20H,1,4-8H2,2H3,(H,16,18,19)/t9-,12-,14+/m1/s1. The first kappa shape index (κ1) is 19.6. The number of methoxy groups -OCH3 is 1. The minimum atomic E-state index is -1.95. The summed E-state index contributed by atoms with van der Waals surface area (Å²) in [6.07, 6.45) is -1.45. The molecule has 0 heterocycles. The van der Waals surface area contributed by atoms with Crippen LogP contribution in [0.5, 0.6) is 0 Å². The van der Waals surface area contributed by atoms with Gasteiger partial charge in [-0.2, -0.15) is 0 Å². The van der Waals surface area contributed by atoms with E-state index < -0.39 is 41.5 Å². The number of nitrogens with one attached hydrogen (secondary N) is 1. The Labute approximate surface area is 138 Å². The van der Waals surface area contributed by atoms with Gasteiger partial charge in [-0.05, 0) is 6.42 Å². The summed E-state index contributed by atoms with van der Waals surface area (Å²) in [6.45, 7) is 3.29. The molecule has 0 bridgehead atoms. The number of hydrogen-bond donors (Lipinski definition) is 2. The van der Waals surface area contributed by atoms with Gasteiger partial charge < -0.3 is 19.3 Å². The molecule has 0 radical (unpaired) electrons. The van der Waals surface area contributed by atoms with E-state index in [-0.39, 0.29) is 26.1 Å². The second-order valence-corrected chi connectivity index (χ2v) is 5.24. The lowest BCUT2D eigenvalue weighted by molar-refractivity contribution is -0.191. The summed E-state index contributed by atoms with van der Waals surface area (Å²) in [7, 11) is 1.28. The molecule has 0 aromatic heterocycles. The second kappa shape index (κ2) is 8.97. The van der Waals surface area contributed by atoms with Gasteiger partial charge in [0.15, 0.2) is 11.4 Å². The Morgan fingerprint density at radius 3 is 2.83 bits per heavy atom. The maximum atomic E-state index is 12.1. The Hall–Kier alpha value is -1.48. The van der Waals surface area contributed by atoms with E-state index in [1.165, 1.54) is 13.2 Å². The van der Waals surface area contributed by atoms with E-state index in [0.717, 1.165) is 0 Å². The van der Waals surface area contributed by atoms with Crippen LogP contribution in [0, 0.1) is 0 Å². The first-order valence-electron chi connectivity index (χ1n) is 6.92. The van der Waals surface area contributed by atoms with Gasteiger partial charge in [0.25, 0.3) is 0 Å². The number of carbonyl (C=O) groups is 3. The van der Waals surface area contributed by atoms with E-state index in [2.05, 4.69) is 6.58 Å². The maximum absolute atomic E-state index is 12.1. The van der Waals surface area contributed by atoms with Crippen LogP contribution in [0.1, 0.15) is 12.8 Å². The van der Waals surface area contributed by atoms with E-state index in [0.29, 0.717) is 0 Å². The fourth-order valence-corrected chi connectivity index (χ4v) is 2.42. The molecule has 0 aromatic carbocycles. The van der Waals surface area contributed by atoms with Crippen LogP contribution in [0.3, 0.4) is 0 Å². The molecule has 8 nitrogen and oxygen atoms in total. The molecule has 2 amide bonds. The highest BCUT2D eigenvalue weighted by Gasteiger charge is 2.52. The van der Waals surface area contributed by atoms with Gasteiger partial charge >= 0.3 is 6.09 Å². The minimum Gasteiger partial charge on any atom is -0.443 e. The molecular formula is C14H20ClNO7. The van der Waals surface area contributed by atoms with Crippen molar-refractivity contribution in [1.29, 1.82) is 0 Å². The topological polar surface area (TPSA) is 111 Å². The summed E-state index contributed by atoms with van der Waals surface area (Å²) < 4.78 is 15.4. The summed E-state index contributed by atoms with van der Waals surface area (Å²) in [5.74, 6) is -1.58. The molecule has 23 heavy (non-hydrogen) atoms. The van der Waals surface area contributed by atoms with Crippen molar-refractivity contribution in [2.24, 2.45) is 0 Å². The van der Waals surface area contributed by atoms with Gasteiger partial charge in [-0.1, -0.05) is 6.08 Å². The first-order chi connectivity index (χ1) is 10.9. The number of alkyl carbamates (subject to hydrolysis) is 1. The van der Waals surface area contributed by atoms with Gasteiger partial charge in [-0.3, -0.25) is 14.9 Å². The van der Waals surface area contributed by atoms with E-state index in [1.54, 1.807) is 0 Å². The molecule has 0 unspecified atom stereocenters. The van der Waals surface area contributed by atoms with E-state index in [4.69, 9.17) is 25.8 Å². The predicted molar refractivity (Wildman–Crippen MR) is 80.1 cm³/mol. The number of amides is 2. The van der Waals surface area contributed by atoms with Crippen LogP contribution < -0.4 is 5.32 Å². The molecular weight excluding hydrogens is 330 g/mol. The average molecular weight is 350 g/mol. The molecule has 2 N–H and O–H groups in total. The van der Waals surface area contributed by atoms with Gasteiger partial charge in [0.2, 0.25) is 5.91 Å². The largest absolute Gasteiger partial charge is 0.443 e. The molecule has 0 spiro atoms. The number of carbonyl (C=O) groups excluding carboxylic acids is 3. The summed E-state index contributed by atoms with van der Waals surface area (Å²) in [5, 5.41) is 12.5. The zero-order valence-corrected chi connectivity index (χ0v) is 13.5. The number of ether oxygens (including phenoxy) is 3. The third-order valence-electron chi connectivity index (χ3n) is 3.38. The Morgan fingerprint density at radius 2 is 2.26 bits per heavy atom. The van der Waals surface area contributed by atoms with E-state index >= 15 is 0 Å². The highest BCUT2D eigenvalue weighted by molar-refractivity contribution is 6.28. The van der Waals surface area contributed by atoms with Crippen LogP contribution >= 0.6 is 11.6 Å².